The van der Waals surface area contributed by atoms with Gasteiger partial charge < -0.3 is 14.2 Å². The highest BCUT2D eigenvalue weighted by Gasteiger charge is 2.19. The summed E-state index contributed by atoms with van der Waals surface area (Å²) < 4.78 is 16.8. The molecule has 402 valence electrons. The third-order valence-electron chi connectivity index (χ3n) is 13.3. The molecular weight excluding hydrogens is 853 g/mol. The summed E-state index contributed by atoms with van der Waals surface area (Å²) in [5, 5.41) is 0. The molecule has 0 aliphatic heterocycles. The van der Waals surface area contributed by atoms with Gasteiger partial charge in [-0.2, -0.15) is 0 Å². The van der Waals surface area contributed by atoms with E-state index >= 15 is 0 Å². The molecule has 0 rings (SSSR count). The van der Waals surface area contributed by atoms with Crippen LogP contribution in [0.3, 0.4) is 0 Å². The van der Waals surface area contributed by atoms with Crippen molar-refractivity contribution in [2.45, 2.75) is 322 Å². The molecule has 0 spiro atoms. The van der Waals surface area contributed by atoms with Crippen LogP contribution in [-0.2, 0) is 28.6 Å². The minimum atomic E-state index is -0.774. The Kier molecular flexibility index (Phi) is 55.7. The zero-order valence-electron chi connectivity index (χ0n) is 46.1. The Hall–Kier alpha value is -2.63. The summed E-state index contributed by atoms with van der Waals surface area (Å²) in [7, 11) is 0. The van der Waals surface area contributed by atoms with E-state index in [0.717, 1.165) is 77.0 Å². The maximum absolute atomic E-state index is 12.8. The molecule has 0 bridgehead atoms. The van der Waals surface area contributed by atoms with Crippen LogP contribution in [-0.4, -0.2) is 37.2 Å². The Balaban J connectivity index is 4.15. The molecule has 0 fully saturated rings. The van der Waals surface area contributed by atoms with E-state index in [-0.39, 0.29) is 31.1 Å². The predicted molar refractivity (Wildman–Crippen MR) is 298 cm³/mol. The average Bonchev–Trinajstić information content (AvgIpc) is 3.35. The number of unbranched alkanes of at least 4 members (excludes halogenated alkanes) is 36. The third kappa shape index (κ3) is 56.2. The number of carbonyl (C=O) groups is 3. The van der Waals surface area contributed by atoms with E-state index in [1.807, 2.05) is 0 Å². The smallest absolute Gasteiger partial charge is 0.306 e. The Morgan fingerprint density at radius 2 is 0.522 bits per heavy atom. The number of hydrogen-bond donors (Lipinski definition) is 0. The lowest BCUT2D eigenvalue weighted by atomic mass is 10.0. The first-order valence-corrected chi connectivity index (χ1v) is 30.1. The quantitative estimate of drug-likeness (QED) is 0.0262. The van der Waals surface area contributed by atoms with Crippen molar-refractivity contribution in [2.75, 3.05) is 13.2 Å². The number of rotatable bonds is 55. The Labute approximate surface area is 428 Å². The van der Waals surface area contributed by atoms with Crippen molar-refractivity contribution >= 4 is 17.9 Å². The van der Waals surface area contributed by atoms with Crippen molar-refractivity contribution in [3.63, 3.8) is 0 Å². The lowest BCUT2D eigenvalue weighted by Crippen LogP contribution is -2.30. The maximum atomic E-state index is 12.8. The molecule has 0 saturated carbocycles. The highest BCUT2D eigenvalue weighted by atomic mass is 16.6. The number of carbonyl (C=O) groups excluding carboxylic acids is 3. The fourth-order valence-electron chi connectivity index (χ4n) is 8.74. The number of esters is 3. The van der Waals surface area contributed by atoms with Crippen LogP contribution in [0.5, 0.6) is 0 Å². The van der Waals surface area contributed by atoms with Gasteiger partial charge in [-0.3, -0.25) is 14.4 Å². The van der Waals surface area contributed by atoms with Crippen LogP contribution in [0.15, 0.2) is 48.6 Å². The second kappa shape index (κ2) is 57.9. The first kappa shape index (κ1) is 66.4. The third-order valence-corrected chi connectivity index (χ3v) is 13.3. The van der Waals surface area contributed by atoms with Crippen molar-refractivity contribution in [1.29, 1.82) is 0 Å². The summed E-state index contributed by atoms with van der Waals surface area (Å²) in [5.41, 5.74) is 0. The molecule has 0 radical (unpaired) electrons. The van der Waals surface area contributed by atoms with Gasteiger partial charge in [-0.1, -0.05) is 262 Å². The summed E-state index contributed by atoms with van der Waals surface area (Å²) in [5.74, 6) is -0.875. The summed E-state index contributed by atoms with van der Waals surface area (Å²) in [4.78, 5) is 38.0. The molecule has 0 amide bonds. The van der Waals surface area contributed by atoms with Gasteiger partial charge >= 0.3 is 17.9 Å². The minimum Gasteiger partial charge on any atom is -0.462 e. The number of hydrogen-bond acceptors (Lipinski definition) is 6. The summed E-state index contributed by atoms with van der Waals surface area (Å²) in [6.45, 7) is 6.62. The molecule has 1 unspecified atom stereocenters. The van der Waals surface area contributed by atoms with Gasteiger partial charge in [-0.25, -0.2) is 0 Å². The van der Waals surface area contributed by atoms with Gasteiger partial charge in [0.2, 0.25) is 0 Å². The van der Waals surface area contributed by atoms with E-state index in [4.69, 9.17) is 14.2 Å². The normalized spacial score (nSPS) is 12.3. The average molecular weight is 968 g/mol. The molecule has 0 aromatic heterocycles. The van der Waals surface area contributed by atoms with Crippen LogP contribution in [0.1, 0.15) is 316 Å². The molecule has 0 N–H and O–H groups in total. The molecule has 6 heteroatoms. The molecule has 0 aromatic rings. The lowest BCUT2D eigenvalue weighted by molar-refractivity contribution is -0.167. The van der Waals surface area contributed by atoms with Crippen LogP contribution < -0.4 is 0 Å². The maximum Gasteiger partial charge on any atom is 0.306 e. The van der Waals surface area contributed by atoms with Gasteiger partial charge in [-0.05, 0) is 83.5 Å². The summed E-state index contributed by atoms with van der Waals surface area (Å²) >= 11 is 0. The zero-order valence-corrected chi connectivity index (χ0v) is 46.1. The predicted octanol–water partition coefficient (Wildman–Crippen LogP) is 20.2. The van der Waals surface area contributed by atoms with E-state index in [1.165, 1.54) is 199 Å². The first-order valence-electron chi connectivity index (χ1n) is 30.1. The minimum absolute atomic E-state index is 0.0742. The van der Waals surface area contributed by atoms with Gasteiger partial charge in [0.05, 0.1) is 0 Å². The molecule has 69 heavy (non-hydrogen) atoms. The van der Waals surface area contributed by atoms with Crippen LogP contribution in [0, 0.1) is 0 Å². The fourth-order valence-corrected chi connectivity index (χ4v) is 8.74. The standard InChI is InChI=1S/C63H114O6/c1-4-7-10-13-16-19-21-23-25-27-28-29-30-31-32-33-34-35-36-37-39-40-42-44-47-50-53-56-62(65)68-59-60(58-67-61(64)55-52-49-46-18-15-12-9-6-3)69-63(66)57-54-51-48-45-43-41-38-26-24-22-20-17-14-11-8-5-2/h21,23,26-28,30-31,38,60H,4-20,22,24-25,29,32-37,39-59H2,1-3H3/b23-21-,28-27-,31-30-,38-26-. The number of allylic oxidation sites excluding steroid dienone is 8. The molecule has 0 aromatic carbocycles. The van der Waals surface area contributed by atoms with Crippen molar-refractivity contribution in [2.24, 2.45) is 0 Å². The molecule has 0 aliphatic carbocycles. The van der Waals surface area contributed by atoms with Crippen LogP contribution in [0.25, 0.3) is 0 Å². The van der Waals surface area contributed by atoms with Crippen molar-refractivity contribution in [3.05, 3.63) is 48.6 Å². The van der Waals surface area contributed by atoms with Crippen molar-refractivity contribution in [1.82, 2.24) is 0 Å². The van der Waals surface area contributed by atoms with E-state index < -0.39 is 6.10 Å². The highest BCUT2D eigenvalue weighted by Crippen LogP contribution is 2.16. The Morgan fingerprint density at radius 3 is 0.826 bits per heavy atom. The van der Waals surface area contributed by atoms with Gasteiger partial charge in [0.1, 0.15) is 13.2 Å². The SMILES string of the molecule is CCCCCCC/C=C\C/C=C\C/C=C\CCCCCCCCCCCCCCC(=O)OCC(COC(=O)CCCCCCCCCC)OC(=O)CCCCCCC/C=C\CCCCCCCCC. The van der Waals surface area contributed by atoms with Crippen molar-refractivity contribution in [3.8, 4) is 0 Å². The Bertz CT molecular complexity index is 1200. The van der Waals surface area contributed by atoms with E-state index in [1.54, 1.807) is 0 Å². The topological polar surface area (TPSA) is 78.9 Å². The van der Waals surface area contributed by atoms with Gasteiger partial charge in [0.15, 0.2) is 6.10 Å². The highest BCUT2D eigenvalue weighted by molar-refractivity contribution is 5.71. The molecule has 0 heterocycles. The van der Waals surface area contributed by atoms with Gasteiger partial charge in [0, 0.05) is 19.3 Å². The van der Waals surface area contributed by atoms with Crippen molar-refractivity contribution < 1.29 is 28.6 Å². The number of ether oxygens (including phenoxy) is 3. The molecule has 1 atom stereocenters. The molecular formula is C63H114O6. The van der Waals surface area contributed by atoms with Gasteiger partial charge in [0.25, 0.3) is 0 Å². The molecule has 0 aliphatic rings. The zero-order chi connectivity index (χ0) is 50.0. The van der Waals surface area contributed by atoms with Crippen LogP contribution >= 0.6 is 0 Å². The molecule has 0 saturated heterocycles. The summed E-state index contributed by atoms with van der Waals surface area (Å²) in [6.07, 6.45) is 71.3. The second-order valence-electron chi connectivity index (χ2n) is 20.3. The van der Waals surface area contributed by atoms with Crippen LogP contribution in [0.2, 0.25) is 0 Å². The van der Waals surface area contributed by atoms with Crippen LogP contribution in [0.4, 0.5) is 0 Å². The van der Waals surface area contributed by atoms with E-state index in [2.05, 4.69) is 69.4 Å². The van der Waals surface area contributed by atoms with Gasteiger partial charge in [-0.15, -0.1) is 0 Å². The lowest BCUT2D eigenvalue weighted by Gasteiger charge is -2.18. The first-order chi connectivity index (χ1) is 34.0. The van der Waals surface area contributed by atoms with E-state index in [9.17, 15) is 14.4 Å². The Morgan fingerprint density at radius 1 is 0.290 bits per heavy atom. The second-order valence-corrected chi connectivity index (χ2v) is 20.3. The monoisotopic (exact) mass is 967 g/mol. The summed E-state index contributed by atoms with van der Waals surface area (Å²) in [6, 6.07) is 0. The largest absolute Gasteiger partial charge is 0.462 e. The fraction of sp³-hybridized carbons (Fsp3) is 0.825. The molecule has 6 nitrogen and oxygen atoms in total. The van der Waals surface area contributed by atoms with E-state index in [0.29, 0.717) is 19.3 Å².